The molecule has 0 spiro atoms. The van der Waals surface area contributed by atoms with Crippen molar-refractivity contribution < 1.29 is 39.1 Å². The first-order valence-electron chi connectivity index (χ1n) is 14.1. The van der Waals surface area contributed by atoms with E-state index in [1.54, 1.807) is 18.7 Å². The highest BCUT2D eigenvalue weighted by Gasteiger charge is 2.50. The van der Waals surface area contributed by atoms with Crippen LogP contribution in [0.5, 0.6) is 0 Å². The summed E-state index contributed by atoms with van der Waals surface area (Å²) in [7, 11) is 0. The Labute approximate surface area is 230 Å². The first-order valence-corrected chi connectivity index (χ1v) is 14.1. The van der Waals surface area contributed by atoms with Crippen LogP contribution in [0.2, 0.25) is 0 Å². The minimum Gasteiger partial charge on any atom is -0.465 e. The van der Waals surface area contributed by atoms with Crippen molar-refractivity contribution in [2.45, 2.75) is 95.8 Å². The van der Waals surface area contributed by atoms with Crippen LogP contribution in [0.4, 0.5) is 0 Å². The number of carbonyl (C=O) groups excluding carboxylic acids is 3. The van der Waals surface area contributed by atoms with Crippen molar-refractivity contribution in [2.24, 2.45) is 5.92 Å². The van der Waals surface area contributed by atoms with Gasteiger partial charge in [-0.3, -0.25) is 30.2 Å². The zero-order valence-corrected chi connectivity index (χ0v) is 23.0. The Hall–Kier alpha value is -2.57. The molecule has 1 saturated carbocycles. The van der Waals surface area contributed by atoms with E-state index >= 15 is 0 Å². The van der Waals surface area contributed by atoms with Gasteiger partial charge in [-0.2, -0.15) is 0 Å². The number of esters is 2. The molecule has 218 valence electrons. The lowest BCUT2D eigenvalue weighted by Gasteiger charge is -2.32. The Morgan fingerprint density at radius 2 is 1.82 bits per heavy atom. The summed E-state index contributed by atoms with van der Waals surface area (Å²) in [6, 6.07) is 7.89. The monoisotopic (exact) mass is 549 g/mol. The van der Waals surface area contributed by atoms with Gasteiger partial charge < -0.3 is 14.4 Å². The number of rotatable bonds is 16. The van der Waals surface area contributed by atoms with E-state index in [4.69, 9.17) is 19.9 Å². The summed E-state index contributed by atoms with van der Waals surface area (Å²) >= 11 is 0. The van der Waals surface area contributed by atoms with Gasteiger partial charge in [0.25, 0.3) is 0 Å². The van der Waals surface area contributed by atoms with Crippen LogP contribution in [-0.4, -0.2) is 82.5 Å². The van der Waals surface area contributed by atoms with Gasteiger partial charge in [0.2, 0.25) is 5.91 Å². The number of hydrogen-bond acceptors (Lipinski definition) is 10. The van der Waals surface area contributed by atoms with E-state index in [1.165, 1.54) is 0 Å². The van der Waals surface area contributed by atoms with Gasteiger partial charge in [0.05, 0.1) is 31.3 Å². The first kappa shape index (κ1) is 31.0. The summed E-state index contributed by atoms with van der Waals surface area (Å²) in [5, 5.41) is 19.9. The number of benzene rings is 1. The molecule has 11 heteroatoms. The van der Waals surface area contributed by atoms with Crippen LogP contribution in [0.1, 0.15) is 70.8 Å². The Morgan fingerprint density at radius 3 is 2.54 bits per heavy atom. The van der Waals surface area contributed by atoms with Crippen LogP contribution in [-0.2, 0) is 35.1 Å². The van der Waals surface area contributed by atoms with Crippen LogP contribution in [0.15, 0.2) is 30.3 Å². The molecule has 0 aromatic heterocycles. The third-order valence-corrected chi connectivity index (χ3v) is 7.56. The smallest absolute Gasteiger partial charge is 0.328 e. The average Bonchev–Trinajstić information content (AvgIpc) is 3.52. The van der Waals surface area contributed by atoms with Crippen molar-refractivity contribution in [3.8, 4) is 0 Å². The molecule has 5 unspecified atom stereocenters. The summed E-state index contributed by atoms with van der Waals surface area (Å²) < 4.78 is 10.8. The largest absolute Gasteiger partial charge is 0.465 e. The topological polar surface area (TPSA) is 138 Å². The number of likely N-dealkylation sites (tertiary alicyclic amines) is 1. The van der Waals surface area contributed by atoms with Crippen molar-refractivity contribution in [3.05, 3.63) is 35.9 Å². The maximum atomic E-state index is 13.7. The zero-order chi connectivity index (χ0) is 28.2. The summed E-state index contributed by atoms with van der Waals surface area (Å²) in [5.74, 6) is -0.714. The summed E-state index contributed by atoms with van der Waals surface area (Å²) in [6.45, 7) is 4.10. The second kappa shape index (κ2) is 15.9. The molecule has 1 heterocycles. The van der Waals surface area contributed by atoms with Crippen LogP contribution in [0, 0.1) is 5.92 Å². The lowest BCUT2D eigenvalue weighted by Crippen LogP contribution is -2.55. The van der Waals surface area contributed by atoms with Crippen molar-refractivity contribution in [2.75, 3.05) is 19.8 Å². The number of nitrogens with zero attached hydrogens (tertiary/aromatic N) is 2. The van der Waals surface area contributed by atoms with Gasteiger partial charge in [-0.05, 0) is 76.7 Å². The molecule has 1 aromatic rings. The van der Waals surface area contributed by atoms with Gasteiger partial charge in [0.15, 0.2) is 0 Å². The normalized spacial score (nSPS) is 22.0. The second-order valence-corrected chi connectivity index (χ2v) is 10.3. The van der Waals surface area contributed by atoms with Gasteiger partial charge in [0, 0.05) is 6.04 Å². The van der Waals surface area contributed by atoms with E-state index in [0.29, 0.717) is 38.5 Å². The molecule has 5 atom stereocenters. The number of ether oxygens (including phenoxy) is 2. The van der Waals surface area contributed by atoms with Crippen molar-refractivity contribution in [1.82, 2.24) is 15.6 Å². The molecule has 39 heavy (non-hydrogen) atoms. The fourth-order valence-electron chi connectivity index (χ4n) is 5.68. The minimum atomic E-state index is -0.678. The van der Waals surface area contributed by atoms with Gasteiger partial charge >= 0.3 is 11.9 Å². The number of hydrogen-bond donors (Lipinski definition) is 3. The molecule has 2 aliphatic rings. The molecule has 0 bridgehead atoms. The predicted molar refractivity (Wildman–Crippen MR) is 140 cm³/mol. The number of unbranched alkanes of at least 4 members (excludes halogenated alkanes) is 2. The minimum absolute atomic E-state index is 0.00159. The lowest BCUT2D eigenvalue weighted by atomic mass is 10.0. The Morgan fingerprint density at radius 1 is 1.08 bits per heavy atom. The Kier molecular flexibility index (Phi) is 12.6. The second-order valence-electron chi connectivity index (χ2n) is 10.3. The van der Waals surface area contributed by atoms with Crippen LogP contribution in [0.25, 0.3) is 0 Å². The molecular weight excluding hydrogens is 506 g/mol. The zero-order valence-electron chi connectivity index (χ0n) is 23.0. The highest BCUT2D eigenvalue weighted by atomic mass is 17.1. The third kappa shape index (κ3) is 9.25. The molecule has 11 nitrogen and oxygen atoms in total. The molecule has 1 saturated heterocycles. The Bertz CT molecular complexity index is 915. The fourth-order valence-corrected chi connectivity index (χ4v) is 5.68. The SMILES string of the molecule is CCOC(=O)C(CCc1ccccc1)NC(C)C(=O)N1C(C(=O)OCCCCCON(O)O)CC2CCCC21. The quantitative estimate of drug-likeness (QED) is 0.160. The summed E-state index contributed by atoms with van der Waals surface area (Å²) in [4.78, 5) is 45.7. The maximum Gasteiger partial charge on any atom is 0.328 e. The fraction of sp³-hybridized carbons (Fsp3) is 0.679. The summed E-state index contributed by atoms with van der Waals surface area (Å²) in [6.07, 6.45) is 6.44. The Balaban J connectivity index is 1.58. The number of amides is 1. The molecule has 1 aliphatic heterocycles. The standard InChI is InChI=1S/C28H43N3O8/c1-3-37-27(33)23(16-15-21-11-6-4-7-12-21)29-20(2)26(32)30-24-14-10-13-22(24)19-25(30)28(34)38-17-8-5-9-18-39-31(35)36/h4,6-7,11-12,20,22-25,29,35-36H,3,5,8-10,13-19H2,1-2H3. The van der Waals surface area contributed by atoms with Gasteiger partial charge in [-0.25, -0.2) is 4.79 Å². The molecule has 1 aliphatic carbocycles. The lowest BCUT2D eigenvalue weighted by molar-refractivity contribution is -0.492. The average molecular weight is 550 g/mol. The van der Waals surface area contributed by atoms with Crippen molar-refractivity contribution >= 4 is 17.8 Å². The molecule has 3 rings (SSSR count). The highest BCUT2D eigenvalue weighted by molar-refractivity contribution is 5.89. The number of carbonyl (C=O) groups is 3. The van der Waals surface area contributed by atoms with Crippen LogP contribution < -0.4 is 5.32 Å². The number of nitrogens with one attached hydrogen (secondary N) is 1. The van der Waals surface area contributed by atoms with Gasteiger partial charge in [-0.1, -0.05) is 36.8 Å². The molecule has 1 aromatic carbocycles. The van der Waals surface area contributed by atoms with E-state index in [9.17, 15) is 14.4 Å². The highest BCUT2D eigenvalue weighted by Crippen LogP contribution is 2.42. The van der Waals surface area contributed by atoms with Crippen LogP contribution in [0.3, 0.4) is 0 Å². The van der Waals surface area contributed by atoms with Crippen molar-refractivity contribution in [3.63, 3.8) is 0 Å². The van der Waals surface area contributed by atoms with Gasteiger partial charge in [-0.15, -0.1) is 0 Å². The molecule has 0 radical (unpaired) electrons. The predicted octanol–water partition coefficient (Wildman–Crippen LogP) is 3.02. The van der Waals surface area contributed by atoms with E-state index in [-0.39, 0.29) is 49.0 Å². The van der Waals surface area contributed by atoms with E-state index in [2.05, 4.69) is 10.2 Å². The number of aryl methyl sites for hydroxylation is 1. The van der Waals surface area contributed by atoms with E-state index in [0.717, 1.165) is 24.8 Å². The molecule has 2 fully saturated rings. The van der Waals surface area contributed by atoms with Crippen LogP contribution >= 0.6 is 0 Å². The van der Waals surface area contributed by atoms with E-state index < -0.39 is 24.1 Å². The maximum absolute atomic E-state index is 13.7. The third-order valence-electron chi connectivity index (χ3n) is 7.56. The summed E-state index contributed by atoms with van der Waals surface area (Å²) in [5.41, 5.74) is 1.10. The molecule has 3 N–H and O–H groups in total. The molecular formula is C28H43N3O8. The number of fused-ring (bicyclic) bond motifs is 1. The first-order chi connectivity index (χ1) is 18.8. The van der Waals surface area contributed by atoms with Gasteiger partial charge in [0.1, 0.15) is 12.1 Å². The van der Waals surface area contributed by atoms with E-state index in [1.807, 2.05) is 30.3 Å². The molecule has 1 amide bonds. The van der Waals surface area contributed by atoms with Crippen molar-refractivity contribution in [1.29, 1.82) is 0 Å².